The molecule has 0 amide bonds. The molecule has 0 fully saturated rings. The highest BCUT2D eigenvalue weighted by Gasteiger charge is 2.22. The average Bonchev–Trinajstić information content (AvgIpc) is 2.34. The van der Waals surface area contributed by atoms with Gasteiger partial charge in [-0.1, -0.05) is 18.2 Å². The molecule has 0 saturated heterocycles. The van der Waals surface area contributed by atoms with Crippen LogP contribution in [0.2, 0.25) is 0 Å². The first-order chi connectivity index (χ1) is 8.20. The lowest BCUT2D eigenvalue weighted by molar-refractivity contribution is -0.122. The number of carbonyl (C=O) groups excluding carboxylic acids is 1. The lowest BCUT2D eigenvalue weighted by Crippen LogP contribution is -2.19. The SMILES string of the molecule is N#Cc1ccccc1CC1C=C(O)CCC1=O. The summed E-state index contributed by atoms with van der Waals surface area (Å²) in [7, 11) is 0. The molecule has 2 rings (SSSR count). The number of nitrogens with zero attached hydrogens (tertiary/aromatic N) is 1. The Morgan fingerprint density at radius 3 is 2.88 bits per heavy atom. The van der Waals surface area contributed by atoms with E-state index in [0.29, 0.717) is 24.8 Å². The fourth-order valence-electron chi connectivity index (χ4n) is 2.06. The Balaban J connectivity index is 2.23. The van der Waals surface area contributed by atoms with Gasteiger partial charge in [-0.05, 0) is 24.1 Å². The average molecular weight is 227 g/mol. The van der Waals surface area contributed by atoms with E-state index in [9.17, 15) is 9.90 Å². The van der Waals surface area contributed by atoms with E-state index in [0.717, 1.165) is 5.56 Å². The van der Waals surface area contributed by atoms with Crippen molar-refractivity contribution in [3.63, 3.8) is 0 Å². The number of hydrogen-bond donors (Lipinski definition) is 1. The van der Waals surface area contributed by atoms with Gasteiger partial charge in [-0.25, -0.2) is 0 Å². The summed E-state index contributed by atoms with van der Waals surface area (Å²) in [6.45, 7) is 0. The van der Waals surface area contributed by atoms with E-state index in [-0.39, 0.29) is 17.5 Å². The van der Waals surface area contributed by atoms with Crippen LogP contribution in [0.4, 0.5) is 0 Å². The maximum absolute atomic E-state index is 11.7. The number of Topliss-reactive ketones (excluding diaryl/α,β-unsaturated/α-hetero) is 1. The van der Waals surface area contributed by atoms with Crippen molar-refractivity contribution in [2.75, 3.05) is 0 Å². The van der Waals surface area contributed by atoms with Gasteiger partial charge < -0.3 is 5.11 Å². The summed E-state index contributed by atoms with van der Waals surface area (Å²) in [5.41, 5.74) is 1.46. The highest BCUT2D eigenvalue weighted by Crippen LogP contribution is 2.23. The second-order valence-corrected chi connectivity index (χ2v) is 4.20. The van der Waals surface area contributed by atoms with Crippen molar-refractivity contribution in [2.45, 2.75) is 19.3 Å². The van der Waals surface area contributed by atoms with E-state index >= 15 is 0 Å². The monoisotopic (exact) mass is 227 g/mol. The molecule has 1 atom stereocenters. The van der Waals surface area contributed by atoms with Gasteiger partial charge >= 0.3 is 0 Å². The minimum absolute atomic E-state index is 0.135. The molecule has 0 spiro atoms. The molecule has 1 aromatic rings. The third kappa shape index (κ3) is 2.54. The predicted octanol–water partition coefficient (Wildman–Crippen LogP) is 2.52. The Bertz CT molecular complexity index is 511. The van der Waals surface area contributed by atoms with Crippen LogP contribution in [-0.2, 0) is 11.2 Å². The van der Waals surface area contributed by atoms with Crippen LogP contribution in [0.3, 0.4) is 0 Å². The van der Waals surface area contributed by atoms with Gasteiger partial charge in [0.25, 0.3) is 0 Å². The van der Waals surface area contributed by atoms with Gasteiger partial charge in [0.15, 0.2) is 0 Å². The first kappa shape index (κ1) is 11.4. The molecule has 0 radical (unpaired) electrons. The van der Waals surface area contributed by atoms with Crippen LogP contribution in [0.25, 0.3) is 0 Å². The van der Waals surface area contributed by atoms with E-state index in [1.54, 1.807) is 18.2 Å². The van der Waals surface area contributed by atoms with Crippen molar-refractivity contribution in [1.29, 1.82) is 5.26 Å². The van der Waals surface area contributed by atoms with Crippen molar-refractivity contribution in [1.82, 2.24) is 0 Å². The smallest absolute Gasteiger partial charge is 0.140 e. The number of allylic oxidation sites excluding steroid dienone is 2. The molecule has 0 heterocycles. The predicted molar refractivity (Wildman–Crippen MR) is 63.3 cm³/mol. The standard InChI is InChI=1S/C14H13NO2/c15-9-11-4-2-1-3-10(11)7-12-8-13(16)5-6-14(12)17/h1-4,8,12,16H,5-7H2. The van der Waals surface area contributed by atoms with Gasteiger partial charge in [0, 0.05) is 18.8 Å². The molecule has 0 saturated carbocycles. The van der Waals surface area contributed by atoms with Crippen LogP contribution in [0.15, 0.2) is 36.1 Å². The maximum Gasteiger partial charge on any atom is 0.140 e. The van der Waals surface area contributed by atoms with Crippen molar-refractivity contribution in [3.05, 3.63) is 47.2 Å². The Labute approximate surface area is 100 Å². The Morgan fingerprint density at radius 1 is 1.35 bits per heavy atom. The highest BCUT2D eigenvalue weighted by atomic mass is 16.3. The van der Waals surface area contributed by atoms with E-state index in [2.05, 4.69) is 6.07 Å². The van der Waals surface area contributed by atoms with Gasteiger partial charge in [-0.3, -0.25) is 4.79 Å². The summed E-state index contributed by atoms with van der Waals surface area (Å²) in [5.74, 6) is 0.123. The number of carbonyl (C=O) groups is 1. The molecule has 3 nitrogen and oxygen atoms in total. The maximum atomic E-state index is 11.7. The summed E-state index contributed by atoms with van der Waals surface area (Å²) in [6.07, 6.45) is 2.93. The summed E-state index contributed by atoms with van der Waals surface area (Å²) in [6, 6.07) is 9.37. The molecule has 1 aromatic carbocycles. The molecular formula is C14H13NO2. The van der Waals surface area contributed by atoms with Crippen molar-refractivity contribution >= 4 is 5.78 Å². The number of aliphatic hydroxyl groups is 1. The molecular weight excluding hydrogens is 214 g/mol. The van der Waals surface area contributed by atoms with E-state index in [1.807, 2.05) is 12.1 Å². The third-order valence-electron chi connectivity index (χ3n) is 3.01. The topological polar surface area (TPSA) is 61.1 Å². The lowest BCUT2D eigenvalue weighted by Gasteiger charge is -2.17. The zero-order valence-electron chi connectivity index (χ0n) is 9.39. The van der Waals surface area contributed by atoms with Crippen molar-refractivity contribution in [3.8, 4) is 6.07 Å². The van der Waals surface area contributed by atoms with Gasteiger partial charge in [0.05, 0.1) is 17.4 Å². The van der Waals surface area contributed by atoms with E-state index in [4.69, 9.17) is 5.26 Å². The van der Waals surface area contributed by atoms with Crippen LogP contribution in [-0.4, -0.2) is 10.9 Å². The summed E-state index contributed by atoms with van der Waals surface area (Å²) >= 11 is 0. The molecule has 86 valence electrons. The summed E-state index contributed by atoms with van der Waals surface area (Å²) in [5, 5.41) is 18.4. The van der Waals surface area contributed by atoms with Crippen LogP contribution >= 0.6 is 0 Å². The Kier molecular flexibility index (Phi) is 3.24. The minimum atomic E-state index is -0.293. The minimum Gasteiger partial charge on any atom is -0.513 e. The number of rotatable bonds is 2. The fourth-order valence-corrected chi connectivity index (χ4v) is 2.06. The molecule has 1 unspecified atom stereocenters. The van der Waals surface area contributed by atoms with Crippen LogP contribution in [0.1, 0.15) is 24.0 Å². The molecule has 0 aromatic heterocycles. The van der Waals surface area contributed by atoms with Crippen LogP contribution < -0.4 is 0 Å². The van der Waals surface area contributed by atoms with Crippen molar-refractivity contribution < 1.29 is 9.90 Å². The zero-order chi connectivity index (χ0) is 12.3. The van der Waals surface area contributed by atoms with Gasteiger partial charge in [-0.2, -0.15) is 5.26 Å². The summed E-state index contributed by atoms with van der Waals surface area (Å²) < 4.78 is 0. The van der Waals surface area contributed by atoms with Crippen LogP contribution in [0, 0.1) is 17.2 Å². The molecule has 1 aliphatic carbocycles. The number of ketones is 1. The van der Waals surface area contributed by atoms with Gasteiger partial charge in [-0.15, -0.1) is 0 Å². The molecule has 1 N–H and O–H groups in total. The molecule has 17 heavy (non-hydrogen) atoms. The highest BCUT2D eigenvalue weighted by molar-refractivity contribution is 5.84. The van der Waals surface area contributed by atoms with E-state index in [1.165, 1.54) is 0 Å². The number of hydrogen-bond acceptors (Lipinski definition) is 3. The lowest BCUT2D eigenvalue weighted by atomic mass is 9.87. The Hall–Kier alpha value is -2.08. The Morgan fingerprint density at radius 2 is 2.12 bits per heavy atom. The van der Waals surface area contributed by atoms with Crippen molar-refractivity contribution in [2.24, 2.45) is 5.92 Å². The largest absolute Gasteiger partial charge is 0.513 e. The second kappa shape index (κ2) is 4.84. The number of aliphatic hydroxyl groups excluding tert-OH is 1. The fraction of sp³-hybridized carbons (Fsp3) is 0.286. The second-order valence-electron chi connectivity index (χ2n) is 4.20. The zero-order valence-corrected chi connectivity index (χ0v) is 9.39. The quantitative estimate of drug-likeness (QED) is 0.844. The van der Waals surface area contributed by atoms with E-state index < -0.39 is 0 Å². The number of nitriles is 1. The molecule has 0 aliphatic heterocycles. The van der Waals surface area contributed by atoms with Gasteiger partial charge in [0.1, 0.15) is 5.78 Å². The third-order valence-corrected chi connectivity index (χ3v) is 3.01. The number of benzene rings is 1. The molecule has 1 aliphatic rings. The van der Waals surface area contributed by atoms with Crippen LogP contribution in [0.5, 0.6) is 0 Å². The first-order valence-electron chi connectivity index (χ1n) is 5.61. The molecule has 0 bridgehead atoms. The van der Waals surface area contributed by atoms with Gasteiger partial charge in [0.2, 0.25) is 0 Å². The first-order valence-corrected chi connectivity index (χ1v) is 5.61. The summed E-state index contributed by atoms with van der Waals surface area (Å²) in [4.78, 5) is 11.7. The molecule has 3 heteroatoms. The normalized spacial score (nSPS) is 19.6.